The molecule has 0 bridgehead atoms. The number of hydrogen-bond acceptors (Lipinski definition) is 3. The van der Waals surface area contributed by atoms with Gasteiger partial charge in [0, 0.05) is 6.04 Å². The molecule has 70 valence electrons. The lowest BCUT2D eigenvalue weighted by Gasteiger charge is -2.28. The van der Waals surface area contributed by atoms with Crippen LogP contribution in [0.4, 0.5) is 0 Å². The Morgan fingerprint density at radius 3 is 2.83 bits per heavy atom. The topological polar surface area (TPSA) is 49.3 Å². The summed E-state index contributed by atoms with van der Waals surface area (Å²) in [6.07, 6.45) is 3.37. The Morgan fingerprint density at radius 2 is 2.42 bits per heavy atom. The van der Waals surface area contributed by atoms with Gasteiger partial charge in [-0.3, -0.25) is 4.79 Å². The van der Waals surface area contributed by atoms with E-state index < -0.39 is 0 Å². The van der Waals surface area contributed by atoms with Crippen LogP contribution in [0.3, 0.4) is 0 Å². The maximum Gasteiger partial charge on any atom is 0.136 e. The van der Waals surface area contributed by atoms with E-state index in [1.807, 2.05) is 0 Å². The highest BCUT2D eigenvalue weighted by molar-refractivity contribution is 5.79. The van der Waals surface area contributed by atoms with Crippen LogP contribution >= 0.6 is 0 Å². The molecular formula is C9H17NO2. The highest BCUT2D eigenvalue weighted by atomic mass is 16.3. The first kappa shape index (κ1) is 9.68. The second-order valence-corrected chi connectivity index (χ2v) is 3.46. The molecule has 0 aromatic carbocycles. The van der Waals surface area contributed by atoms with Gasteiger partial charge in [0.1, 0.15) is 5.78 Å². The van der Waals surface area contributed by atoms with Crippen molar-refractivity contribution in [3.05, 3.63) is 0 Å². The van der Waals surface area contributed by atoms with E-state index >= 15 is 0 Å². The van der Waals surface area contributed by atoms with E-state index in [1.165, 1.54) is 12.8 Å². The molecule has 1 aliphatic heterocycles. The molecule has 0 aromatic rings. The lowest BCUT2D eigenvalue weighted by Crippen LogP contribution is -2.44. The maximum atomic E-state index is 11.1. The first-order chi connectivity index (χ1) is 5.75. The summed E-state index contributed by atoms with van der Waals surface area (Å²) < 4.78 is 0. The second kappa shape index (κ2) is 4.58. The highest BCUT2D eigenvalue weighted by Crippen LogP contribution is 2.15. The van der Waals surface area contributed by atoms with Gasteiger partial charge in [-0.2, -0.15) is 0 Å². The molecular weight excluding hydrogens is 154 g/mol. The Bertz CT molecular complexity index is 153. The van der Waals surface area contributed by atoms with Gasteiger partial charge >= 0.3 is 0 Å². The van der Waals surface area contributed by atoms with Gasteiger partial charge in [0.25, 0.3) is 0 Å². The molecule has 2 atom stereocenters. The van der Waals surface area contributed by atoms with Crippen molar-refractivity contribution in [1.29, 1.82) is 0 Å². The third-order valence-corrected chi connectivity index (χ3v) is 2.55. The van der Waals surface area contributed by atoms with Gasteiger partial charge in [-0.05, 0) is 26.3 Å². The van der Waals surface area contributed by atoms with E-state index in [0.29, 0.717) is 0 Å². The summed E-state index contributed by atoms with van der Waals surface area (Å²) in [6.45, 7) is 2.51. The minimum atomic E-state index is -0.190. The number of nitrogens with one attached hydrogen (secondary N) is 1. The van der Waals surface area contributed by atoms with Gasteiger partial charge < -0.3 is 10.4 Å². The molecule has 1 aliphatic rings. The minimum absolute atomic E-state index is 0.0208. The van der Waals surface area contributed by atoms with Crippen LogP contribution in [0.1, 0.15) is 26.2 Å². The highest BCUT2D eigenvalue weighted by Gasteiger charge is 2.25. The number of ketones is 1. The maximum absolute atomic E-state index is 11.1. The van der Waals surface area contributed by atoms with Crippen molar-refractivity contribution in [2.24, 2.45) is 5.92 Å². The molecule has 12 heavy (non-hydrogen) atoms. The molecule has 3 heteroatoms. The third kappa shape index (κ3) is 2.29. The van der Waals surface area contributed by atoms with Gasteiger partial charge in [0.2, 0.25) is 0 Å². The number of Topliss-reactive ketones (excluding diaryl/α,β-unsaturated/α-hetero) is 1. The molecule has 2 N–H and O–H groups in total. The summed E-state index contributed by atoms with van der Waals surface area (Å²) in [5.41, 5.74) is 0. The van der Waals surface area contributed by atoms with Gasteiger partial charge in [0.15, 0.2) is 0 Å². The van der Waals surface area contributed by atoms with E-state index in [2.05, 4.69) is 5.32 Å². The summed E-state index contributed by atoms with van der Waals surface area (Å²) in [5.74, 6) is -0.0952. The minimum Gasteiger partial charge on any atom is -0.396 e. The van der Waals surface area contributed by atoms with Crippen LogP contribution in [-0.4, -0.2) is 30.1 Å². The molecule has 2 unspecified atom stereocenters. The second-order valence-electron chi connectivity index (χ2n) is 3.46. The number of rotatable bonds is 3. The fourth-order valence-electron chi connectivity index (χ4n) is 1.76. The van der Waals surface area contributed by atoms with E-state index in [4.69, 9.17) is 5.11 Å². The van der Waals surface area contributed by atoms with Crippen LogP contribution in [-0.2, 0) is 4.79 Å². The van der Waals surface area contributed by atoms with Crippen molar-refractivity contribution in [3.8, 4) is 0 Å². The first-order valence-corrected chi connectivity index (χ1v) is 4.60. The Hall–Kier alpha value is -0.410. The Labute approximate surface area is 73.2 Å². The van der Waals surface area contributed by atoms with Crippen LogP contribution in [0.25, 0.3) is 0 Å². The average Bonchev–Trinajstić information content (AvgIpc) is 2.07. The number of carbonyl (C=O) groups is 1. The fraction of sp³-hybridized carbons (Fsp3) is 0.889. The van der Waals surface area contributed by atoms with Crippen LogP contribution in [0.15, 0.2) is 0 Å². The van der Waals surface area contributed by atoms with Gasteiger partial charge in [-0.25, -0.2) is 0 Å². The Kier molecular flexibility index (Phi) is 3.69. The van der Waals surface area contributed by atoms with E-state index in [-0.39, 0.29) is 24.3 Å². The zero-order valence-electron chi connectivity index (χ0n) is 7.55. The zero-order chi connectivity index (χ0) is 8.97. The predicted molar refractivity (Wildman–Crippen MR) is 46.9 cm³/mol. The molecule has 1 rings (SSSR count). The lowest BCUT2D eigenvalue weighted by molar-refractivity contribution is -0.123. The van der Waals surface area contributed by atoms with E-state index in [9.17, 15) is 4.79 Å². The van der Waals surface area contributed by atoms with Crippen molar-refractivity contribution in [2.45, 2.75) is 32.2 Å². The summed E-state index contributed by atoms with van der Waals surface area (Å²) in [7, 11) is 0. The van der Waals surface area contributed by atoms with Gasteiger partial charge in [0.05, 0.1) is 12.5 Å². The quantitative estimate of drug-likeness (QED) is 0.643. The van der Waals surface area contributed by atoms with Crippen LogP contribution < -0.4 is 5.32 Å². The molecule has 0 aliphatic carbocycles. The summed E-state index contributed by atoms with van der Waals surface area (Å²) in [6, 6.07) is 0.209. The molecule has 0 radical (unpaired) electrons. The molecule has 0 spiro atoms. The molecule has 1 saturated heterocycles. The van der Waals surface area contributed by atoms with Gasteiger partial charge in [-0.1, -0.05) is 6.42 Å². The van der Waals surface area contributed by atoms with Crippen molar-refractivity contribution >= 4 is 5.78 Å². The normalized spacial score (nSPS) is 26.7. The standard InChI is InChI=1S/C9H17NO2/c1-7(12)8(6-11)9-4-2-3-5-10-9/h8-11H,2-6H2,1H3. The Morgan fingerprint density at radius 1 is 1.67 bits per heavy atom. The molecule has 0 aromatic heterocycles. The fourth-order valence-corrected chi connectivity index (χ4v) is 1.76. The zero-order valence-corrected chi connectivity index (χ0v) is 7.55. The summed E-state index contributed by atoms with van der Waals surface area (Å²) >= 11 is 0. The molecule has 1 heterocycles. The number of hydrogen-bond donors (Lipinski definition) is 2. The molecule has 0 amide bonds. The number of aliphatic hydroxyl groups is 1. The van der Waals surface area contributed by atoms with Crippen molar-refractivity contribution in [1.82, 2.24) is 5.32 Å². The number of carbonyl (C=O) groups excluding carboxylic acids is 1. The number of piperidine rings is 1. The molecule has 3 nitrogen and oxygen atoms in total. The monoisotopic (exact) mass is 171 g/mol. The SMILES string of the molecule is CC(=O)C(CO)C1CCCCN1. The van der Waals surface area contributed by atoms with Crippen molar-refractivity contribution in [3.63, 3.8) is 0 Å². The smallest absolute Gasteiger partial charge is 0.136 e. The van der Waals surface area contributed by atoms with Crippen LogP contribution in [0.2, 0.25) is 0 Å². The van der Waals surface area contributed by atoms with Crippen molar-refractivity contribution in [2.75, 3.05) is 13.2 Å². The largest absolute Gasteiger partial charge is 0.396 e. The average molecular weight is 171 g/mol. The summed E-state index contributed by atoms with van der Waals surface area (Å²) in [5, 5.41) is 12.3. The van der Waals surface area contributed by atoms with E-state index in [0.717, 1.165) is 13.0 Å². The predicted octanol–water partition coefficient (Wildman–Crippen LogP) is 0.326. The van der Waals surface area contributed by atoms with Crippen molar-refractivity contribution < 1.29 is 9.90 Å². The Balaban J connectivity index is 2.46. The first-order valence-electron chi connectivity index (χ1n) is 4.60. The molecule has 1 fully saturated rings. The van der Waals surface area contributed by atoms with Crippen LogP contribution in [0.5, 0.6) is 0 Å². The summed E-state index contributed by atoms with van der Waals surface area (Å²) in [4.78, 5) is 11.1. The van der Waals surface area contributed by atoms with Gasteiger partial charge in [-0.15, -0.1) is 0 Å². The van der Waals surface area contributed by atoms with E-state index in [1.54, 1.807) is 6.92 Å². The molecule has 0 saturated carbocycles. The van der Waals surface area contributed by atoms with Crippen LogP contribution in [0, 0.1) is 5.92 Å². The third-order valence-electron chi connectivity index (χ3n) is 2.55. The lowest BCUT2D eigenvalue weighted by atomic mass is 9.90. The number of aliphatic hydroxyl groups excluding tert-OH is 1.